The summed E-state index contributed by atoms with van der Waals surface area (Å²) in [6.07, 6.45) is 1.97. The van der Waals surface area contributed by atoms with Gasteiger partial charge in [0.25, 0.3) is 0 Å². The Balaban J connectivity index is 2.23. The van der Waals surface area contributed by atoms with Gasteiger partial charge in [0.15, 0.2) is 0 Å². The monoisotopic (exact) mass is 346 g/mol. The maximum Gasteiger partial charge on any atom is 0.0552 e. The van der Waals surface area contributed by atoms with E-state index in [1.165, 1.54) is 16.8 Å². The Morgan fingerprint density at radius 2 is 1.71 bits per heavy atom. The molecule has 0 aliphatic carbocycles. The minimum absolute atomic E-state index is 0.182. The highest BCUT2D eigenvalue weighted by Crippen LogP contribution is 2.32. The first kappa shape index (κ1) is 16.1. The molecule has 112 valence electrons. The molecule has 2 nitrogen and oxygen atoms in total. The Kier molecular flexibility index (Phi) is 5.43. The first-order valence-corrected chi connectivity index (χ1v) is 8.17. The Bertz CT molecular complexity index is 591. The van der Waals surface area contributed by atoms with Crippen molar-refractivity contribution in [1.82, 2.24) is 0 Å². The van der Waals surface area contributed by atoms with Crippen molar-refractivity contribution in [3.63, 3.8) is 0 Å². The van der Waals surface area contributed by atoms with E-state index < -0.39 is 0 Å². The van der Waals surface area contributed by atoms with E-state index in [4.69, 9.17) is 5.73 Å². The lowest BCUT2D eigenvalue weighted by Crippen LogP contribution is -2.18. The minimum Gasteiger partial charge on any atom is -0.344 e. The van der Waals surface area contributed by atoms with E-state index in [0.717, 1.165) is 23.0 Å². The zero-order chi connectivity index (χ0) is 15.4. The minimum atomic E-state index is 0.182. The highest BCUT2D eigenvalue weighted by molar-refractivity contribution is 9.10. The topological polar surface area (TPSA) is 29.3 Å². The van der Waals surface area contributed by atoms with Crippen LogP contribution in [0, 0.1) is 0 Å². The number of anilines is 2. The lowest BCUT2D eigenvalue weighted by Gasteiger charge is -2.22. The van der Waals surface area contributed by atoms with Crippen LogP contribution >= 0.6 is 15.9 Å². The highest BCUT2D eigenvalue weighted by atomic mass is 79.9. The molecule has 1 unspecified atom stereocenters. The standard InChI is InChI=1S/C18H23BrN2/c1-4-14-5-8-16(9-6-14)21(3)18-10-7-15(11-13(2)20)12-17(18)19/h5-10,12-13H,4,11,20H2,1-3H3. The van der Waals surface area contributed by atoms with Gasteiger partial charge in [-0.05, 0) is 71.1 Å². The summed E-state index contributed by atoms with van der Waals surface area (Å²) in [6, 6.07) is 15.4. The molecule has 0 aliphatic heterocycles. The molecule has 0 fully saturated rings. The SMILES string of the molecule is CCc1ccc(N(C)c2ccc(CC(C)N)cc2Br)cc1. The molecule has 0 aromatic heterocycles. The van der Waals surface area contributed by atoms with E-state index in [9.17, 15) is 0 Å². The molecule has 0 aliphatic rings. The predicted octanol–water partition coefficient (Wildman–Crippen LogP) is 4.67. The number of benzene rings is 2. The predicted molar refractivity (Wildman–Crippen MR) is 95.4 cm³/mol. The van der Waals surface area contributed by atoms with Gasteiger partial charge in [0.2, 0.25) is 0 Å². The summed E-state index contributed by atoms with van der Waals surface area (Å²) in [5, 5.41) is 0. The third-order valence-corrected chi connectivity index (χ3v) is 4.30. The number of nitrogens with two attached hydrogens (primary N) is 1. The first-order valence-electron chi connectivity index (χ1n) is 7.38. The van der Waals surface area contributed by atoms with Crippen molar-refractivity contribution in [2.75, 3.05) is 11.9 Å². The molecule has 0 bridgehead atoms. The van der Waals surface area contributed by atoms with Gasteiger partial charge in [-0.2, -0.15) is 0 Å². The van der Waals surface area contributed by atoms with Gasteiger partial charge in [-0.1, -0.05) is 25.1 Å². The molecule has 0 heterocycles. The average molecular weight is 347 g/mol. The van der Waals surface area contributed by atoms with E-state index >= 15 is 0 Å². The summed E-state index contributed by atoms with van der Waals surface area (Å²) >= 11 is 3.68. The largest absolute Gasteiger partial charge is 0.344 e. The van der Waals surface area contributed by atoms with Crippen LogP contribution in [-0.4, -0.2) is 13.1 Å². The molecule has 2 N–H and O–H groups in total. The molecule has 0 saturated carbocycles. The second kappa shape index (κ2) is 7.10. The Hall–Kier alpha value is -1.32. The lowest BCUT2D eigenvalue weighted by molar-refractivity contribution is 0.738. The van der Waals surface area contributed by atoms with Crippen LogP contribution in [0.15, 0.2) is 46.9 Å². The molecule has 0 spiro atoms. The molecule has 2 aromatic rings. The maximum atomic E-state index is 5.87. The van der Waals surface area contributed by atoms with Crippen molar-refractivity contribution in [2.45, 2.75) is 32.7 Å². The molecular formula is C18H23BrN2. The van der Waals surface area contributed by atoms with E-state index in [0.29, 0.717) is 0 Å². The molecule has 0 amide bonds. The summed E-state index contributed by atoms with van der Waals surface area (Å²) in [4.78, 5) is 2.19. The first-order chi connectivity index (χ1) is 10.0. The lowest BCUT2D eigenvalue weighted by atomic mass is 10.1. The molecule has 1 atom stereocenters. The van der Waals surface area contributed by atoms with E-state index in [1.807, 2.05) is 6.92 Å². The Labute approximate surface area is 136 Å². The van der Waals surface area contributed by atoms with Gasteiger partial charge in [0, 0.05) is 23.2 Å². The van der Waals surface area contributed by atoms with Crippen LogP contribution in [-0.2, 0) is 12.8 Å². The number of hydrogen-bond acceptors (Lipinski definition) is 2. The Morgan fingerprint density at radius 3 is 2.24 bits per heavy atom. The van der Waals surface area contributed by atoms with Crippen molar-refractivity contribution in [3.05, 3.63) is 58.1 Å². The summed E-state index contributed by atoms with van der Waals surface area (Å²) in [5.41, 5.74) is 10.8. The fourth-order valence-corrected chi connectivity index (χ4v) is 3.11. The Morgan fingerprint density at radius 1 is 1.10 bits per heavy atom. The molecule has 21 heavy (non-hydrogen) atoms. The van der Waals surface area contributed by atoms with Crippen LogP contribution in [0.4, 0.5) is 11.4 Å². The zero-order valence-electron chi connectivity index (χ0n) is 12.9. The van der Waals surface area contributed by atoms with Gasteiger partial charge in [-0.15, -0.1) is 0 Å². The second-order valence-corrected chi connectivity index (χ2v) is 6.40. The highest BCUT2D eigenvalue weighted by Gasteiger charge is 2.09. The van der Waals surface area contributed by atoms with Gasteiger partial charge >= 0.3 is 0 Å². The summed E-state index contributed by atoms with van der Waals surface area (Å²) < 4.78 is 1.10. The van der Waals surface area contributed by atoms with Crippen molar-refractivity contribution in [2.24, 2.45) is 5.73 Å². The van der Waals surface area contributed by atoms with Crippen LogP contribution in [0.1, 0.15) is 25.0 Å². The van der Waals surface area contributed by atoms with Gasteiger partial charge < -0.3 is 10.6 Å². The normalized spacial score (nSPS) is 12.2. The summed E-state index contributed by atoms with van der Waals surface area (Å²) in [7, 11) is 2.09. The molecule has 0 saturated heterocycles. The number of rotatable bonds is 5. The molecule has 3 heteroatoms. The number of hydrogen-bond donors (Lipinski definition) is 1. The van der Waals surface area contributed by atoms with Crippen LogP contribution in [0.25, 0.3) is 0 Å². The maximum absolute atomic E-state index is 5.87. The third kappa shape index (κ3) is 4.08. The number of halogens is 1. The molecule has 2 aromatic carbocycles. The second-order valence-electron chi connectivity index (χ2n) is 5.55. The number of aryl methyl sites for hydroxylation is 1. The van der Waals surface area contributed by atoms with Crippen LogP contribution in [0.3, 0.4) is 0 Å². The molecular weight excluding hydrogens is 324 g/mol. The third-order valence-electron chi connectivity index (χ3n) is 3.66. The smallest absolute Gasteiger partial charge is 0.0552 e. The van der Waals surface area contributed by atoms with Gasteiger partial charge in [0.05, 0.1) is 5.69 Å². The fraction of sp³-hybridized carbons (Fsp3) is 0.333. The van der Waals surface area contributed by atoms with Gasteiger partial charge in [-0.3, -0.25) is 0 Å². The van der Waals surface area contributed by atoms with E-state index in [1.54, 1.807) is 0 Å². The van der Waals surface area contributed by atoms with Crippen LogP contribution in [0.5, 0.6) is 0 Å². The number of nitrogens with zero attached hydrogens (tertiary/aromatic N) is 1. The van der Waals surface area contributed by atoms with Crippen molar-refractivity contribution >= 4 is 27.3 Å². The summed E-state index contributed by atoms with van der Waals surface area (Å²) in [6.45, 7) is 4.20. The van der Waals surface area contributed by atoms with Crippen molar-refractivity contribution in [3.8, 4) is 0 Å². The molecule has 0 radical (unpaired) electrons. The van der Waals surface area contributed by atoms with E-state index in [2.05, 4.69) is 77.3 Å². The van der Waals surface area contributed by atoms with Gasteiger partial charge in [-0.25, -0.2) is 0 Å². The zero-order valence-corrected chi connectivity index (χ0v) is 14.5. The fourth-order valence-electron chi connectivity index (χ4n) is 2.42. The average Bonchev–Trinajstić information content (AvgIpc) is 2.46. The van der Waals surface area contributed by atoms with Gasteiger partial charge in [0.1, 0.15) is 0 Å². The quantitative estimate of drug-likeness (QED) is 0.852. The van der Waals surface area contributed by atoms with E-state index in [-0.39, 0.29) is 6.04 Å². The molecule has 2 rings (SSSR count). The van der Waals surface area contributed by atoms with Crippen LogP contribution in [0.2, 0.25) is 0 Å². The van der Waals surface area contributed by atoms with Crippen LogP contribution < -0.4 is 10.6 Å². The van der Waals surface area contributed by atoms with Crippen molar-refractivity contribution < 1.29 is 0 Å². The van der Waals surface area contributed by atoms with Crippen molar-refractivity contribution in [1.29, 1.82) is 0 Å². The summed E-state index contributed by atoms with van der Waals surface area (Å²) in [5.74, 6) is 0.